The molecule has 0 saturated heterocycles. The van der Waals surface area contributed by atoms with Gasteiger partial charge in [0.2, 0.25) is 5.96 Å². The van der Waals surface area contributed by atoms with E-state index in [1.54, 1.807) is 11.9 Å². The van der Waals surface area contributed by atoms with Gasteiger partial charge in [-0.05, 0) is 50.5 Å². The molecular formula is C19H26FN5O3S. The first kappa shape index (κ1) is 21.2. The summed E-state index contributed by atoms with van der Waals surface area (Å²) in [5.74, 6) is -0.594. The Kier molecular flexibility index (Phi) is 6.21. The van der Waals surface area contributed by atoms with E-state index in [9.17, 15) is 17.6 Å². The second-order valence-corrected chi connectivity index (χ2v) is 9.05. The van der Waals surface area contributed by atoms with Crippen LogP contribution in [-0.4, -0.2) is 51.3 Å². The van der Waals surface area contributed by atoms with Gasteiger partial charge in [-0.25, -0.2) is 9.40 Å². The van der Waals surface area contributed by atoms with Crippen molar-refractivity contribution in [3.63, 3.8) is 0 Å². The summed E-state index contributed by atoms with van der Waals surface area (Å²) in [5.41, 5.74) is 0.860. The molecule has 29 heavy (non-hydrogen) atoms. The lowest BCUT2D eigenvalue weighted by Gasteiger charge is -2.23. The summed E-state index contributed by atoms with van der Waals surface area (Å²) in [5, 5.41) is 11.4. The Morgan fingerprint density at radius 2 is 2.07 bits per heavy atom. The molecule has 1 amide bonds. The van der Waals surface area contributed by atoms with Gasteiger partial charge in [-0.15, -0.1) is 4.40 Å². The highest BCUT2D eigenvalue weighted by atomic mass is 32.2. The molecule has 10 heteroatoms. The Balaban J connectivity index is 1.84. The van der Waals surface area contributed by atoms with Gasteiger partial charge in [0, 0.05) is 23.9 Å². The zero-order valence-electron chi connectivity index (χ0n) is 16.6. The van der Waals surface area contributed by atoms with E-state index in [1.807, 2.05) is 13.1 Å². The van der Waals surface area contributed by atoms with E-state index in [2.05, 4.69) is 20.1 Å². The number of hydrogen-bond acceptors (Lipinski definition) is 4. The second kappa shape index (κ2) is 8.48. The Morgan fingerprint density at radius 3 is 2.69 bits per heavy atom. The van der Waals surface area contributed by atoms with Gasteiger partial charge in [-0.1, -0.05) is 12.8 Å². The molecule has 3 rings (SSSR count). The SMILES string of the molecule is CCN/C(=N\S(=O)(=O)c1ccc(NC(=O)CF)c(C)c1)N1CC2(C=N1)CCCC2. The van der Waals surface area contributed by atoms with Gasteiger partial charge in [0.15, 0.2) is 6.67 Å². The third-order valence-electron chi connectivity index (χ3n) is 5.21. The van der Waals surface area contributed by atoms with Crippen molar-refractivity contribution >= 4 is 33.8 Å². The monoisotopic (exact) mass is 423 g/mol. The first-order chi connectivity index (χ1) is 13.8. The standard InChI is InChI=1S/C19H26FN5O3S/c1-3-21-18(25-13-19(12-22-25)8-4-5-9-19)24-29(27,28)15-6-7-16(14(2)10-15)23-17(26)11-20/h6-7,10,12H,3-5,8-9,11,13H2,1-2H3,(H,21,24)(H,23,26). The number of nitrogens with zero attached hydrogens (tertiary/aromatic N) is 3. The van der Waals surface area contributed by atoms with Crippen LogP contribution < -0.4 is 10.6 Å². The quantitative estimate of drug-likeness (QED) is 0.559. The topological polar surface area (TPSA) is 103 Å². The van der Waals surface area contributed by atoms with Crippen LogP contribution in [0.3, 0.4) is 0 Å². The second-order valence-electron chi connectivity index (χ2n) is 7.45. The average molecular weight is 424 g/mol. The van der Waals surface area contributed by atoms with Gasteiger partial charge >= 0.3 is 0 Å². The number of rotatable bonds is 5. The Morgan fingerprint density at radius 1 is 1.34 bits per heavy atom. The van der Waals surface area contributed by atoms with Gasteiger partial charge in [0.1, 0.15) is 0 Å². The van der Waals surface area contributed by atoms with Crippen LogP contribution in [-0.2, 0) is 14.8 Å². The molecule has 1 aromatic carbocycles. The highest BCUT2D eigenvalue weighted by Gasteiger charge is 2.39. The number of anilines is 1. The molecule has 1 aliphatic carbocycles. The van der Waals surface area contributed by atoms with Gasteiger partial charge < -0.3 is 10.6 Å². The third kappa shape index (κ3) is 4.75. The van der Waals surface area contributed by atoms with Crippen molar-refractivity contribution in [2.24, 2.45) is 14.9 Å². The van der Waals surface area contributed by atoms with Gasteiger partial charge in [0.25, 0.3) is 15.9 Å². The number of sulfonamides is 1. The number of alkyl halides is 1. The molecule has 2 aliphatic rings. The van der Waals surface area contributed by atoms with E-state index in [-0.39, 0.29) is 16.3 Å². The summed E-state index contributed by atoms with van der Waals surface area (Å²) in [6.07, 6.45) is 6.31. The molecule has 1 heterocycles. The zero-order valence-corrected chi connectivity index (χ0v) is 17.4. The van der Waals surface area contributed by atoms with E-state index >= 15 is 0 Å². The minimum absolute atomic E-state index is 0.00676. The average Bonchev–Trinajstić information content (AvgIpc) is 3.32. The van der Waals surface area contributed by atoms with Gasteiger partial charge in [-0.2, -0.15) is 13.5 Å². The number of guanidine groups is 1. The van der Waals surface area contributed by atoms with Crippen molar-refractivity contribution in [1.82, 2.24) is 10.3 Å². The minimum atomic E-state index is -4.00. The van der Waals surface area contributed by atoms with Crippen LogP contribution in [0.25, 0.3) is 0 Å². The molecule has 1 spiro atoms. The van der Waals surface area contributed by atoms with Gasteiger partial charge in [-0.3, -0.25) is 4.79 Å². The first-order valence-electron chi connectivity index (χ1n) is 9.66. The number of aryl methyl sites for hydroxylation is 1. The number of hydrazone groups is 1. The van der Waals surface area contributed by atoms with Crippen LogP contribution in [0.1, 0.15) is 38.2 Å². The molecule has 158 valence electrons. The smallest absolute Gasteiger partial charge is 0.285 e. The molecule has 0 aromatic heterocycles. The molecule has 1 aliphatic heterocycles. The van der Waals surface area contributed by atoms with Crippen LogP contribution in [0.5, 0.6) is 0 Å². The Labute approximate surface area is 170 Å². The number of halogens is 1. The number of amides is 1. The fourth-order valence-electron chi connectivity index (χ4n) is 3.68. The van der Waals surface area contributed by atoms with Crippen molar-refractivity contribution in [3.8, 4) is 0 Å². The van der Waals surface area contributed by atoms with Crippen LogP contribution >= 0.6 is 0 Å². The molecular weight excluding hydrogens is 397 g/mol. The summed E-state index contributed by atoms with van der Waals surface area (Å²) >= 11 is 0. The maximum Gasteiger partial charge on any atom is 0.285 e. The highest BCUT2D eigenvalue weighted by molar-refractivity contribution is 7.90. The number of carbonyl (C=O) groups is 1. The summed E-state index contributed by atoms with van der Waals surface area (Å²) < 4.78 is 42.1. The van der Waals surface area contributed by atoms with Crippen molar-refractivity contribution in [1.29, 1.82) is 0 Å². The number of benzene rings is 1. The maximum atomic E-state index is 12.9. The minimum Gasteiger partial charge on any atom is -0.354 e. The molecule has 1 aromatic rings. The van der Waals surface area contributed by atoms with Crippen molar-refractivity contribution in [2.75, 3.05) is 25.1 Å². The molecule has 1 saturated carbocycles. The molecule has 0 unspecified atom stereocenters. The van der Waals surface area contributed by atoms with Crippen molar-refractivity contribution < 1.29 is 17.6 Å². The molecule has 0 bridgehead atoms. The lowest BCUT2D eigenvalue weighted by molar-refractivity contribution is -0.117. The predicted octanol–water partition coefficient (Wildman–Crippen LogP) is 2.42. The van der Waals surface area contributed by atoms with Crippen LogP contribution in [0.2, 0.25) is 0 Å². The number of nitrogens with one attached hydrogen (secondary N) is 2. The molecule has 0 atom stereocenters. The molecule has 0 radical (unpaired) electrons. The normalized spacial score (nSPS) is 18.4. The van der Waals surface area contributed by atoms with Crippen molar-refractivity contribution in [2.45, 2.75) is 44.4 Å². The van der Waals surface area contributed by atoms with Crippen LogP contribution in [0.15, 0.2) is 32.6 Å². The summed E-state index contributed by atoms with van der Waals surface area (Å²) in [4.78, 5) is 11.2. The molecule has 8 nitrogen and oxygen atoms in total. The zero-order chi connectivity index (χ0) is 21.1. The fourth-order valence-corrected chi connectivity index (χ4v) is 4.74. The van der Waals surface area contributed by atoms with E-state index in [0.717, 1.165) is 25.7 Å². The summed E-state index contributed by atoms with van der Waals surface area (Å²) in [7, 11) is -4.00. The maximum absolute atomic E-state index is 12.9. The number of carbonyl (C=O) groups excluding carboxylic acids is 1. The van der Waals surface area contributed by atoms with Crippen LogP contribution in [0.4, 0.5) is 10.1 Å². The Bertz CT molecular complexity index is 939. The third-order valence-corrected chi connectivity index (χ3v) is 6.48. The van der Waals surface area contributed by atoms with E-state index in [0.29, 0.717) is 24.3 Å². The lowest BCUT2D eigenvalue weighted by Crippen LogP contribution is -2.40. The van der Waals surface area contributed by atoms with Crippen molar-refractivity contribution in [3.05, 3.63) is 23.8 Å². The van der Waals surface area contributed by atoms with E-state index < -0.39 is 22.6 Å². The largest absolute Gasteiger partial charge is 0.354 e. The predicted molar refractivity (Wildman–Crippen MR) is 110 cm³/mol. The Hall–Kier alpha value is -2.49. The molecule has 1 fully saturated rings. The highest BCUT2D eigenvalue weighted by Crippen LogP contribution is 2.40. The van der Waals surface area contributed by atoms with Gasteiger partial charge in [0.05, 0.1) is 11.4 Å². The first-order valence-corrected chi connectivity index (χ1v) is 11.1. The van der Waals surface area contributed by atoms with E-state index in [1.165, 1.54) is 18.2 Å². The van der Waals surface area contributed by atoms with Crippen LogP contribution in [0, 0.1) is 12.3 Å². The fraction of sp³-hybridized carbons (Fsp3) is 0.526. The lowest BCUT2D eigenvalue weighted by atomic mass is 9.88. The molecule has 2 N–H and O–H groups in total. The summed E-state index contributed by atoms with van der Waals surface area (Å²) in [6, 6.07) is 4.18. The van der Waals surface area contributed by atoms with E-state index in [4.69, 9.17) is 0 Å². The number of hydrogen-bond donors (Lipinski definition) is 2. The summed E-state index contributed by atoms with van der Waals surface area (Å²) in [6.45, 7) is 3.46.